The van der Waals surface area contributed by atoms with Gasteiger partial charge in [0, 0.05) is 19.3 Å². The summed E-state index contributed by atoms with van der Waals surface area (Å²) in [6.45, 7) is 0.653. The average Bonchev–Trinajstić information content (AvgIpc) is 2.58. The van der Waals surface area contributed by atoms with Crippen LogP contribution in [0, 0.1) is 0 Å². The van der Waals surface area contributed by atoms with E-state index < -0.39 is 6.10 Å². The van der Waals surface area contributed by atoms with E-state index in [1.54, 1.807) is 0 Å². The van der Waals surface area contributed by atoms with Crippen molar-refractivity contribution < 1.29 is 14.6 Å². The lowest BCUT2D eigenvalue weighted by atomic mass is 10.0. The quantitative estimate of drug-likeness (QED) is 0.698. The van der Waals surface area contributed by atoms with E-state index in [0.29, 0.717) is 13.0 Å². The molecule has 1 unspecified atom stereocenters. The molecule has 0 aromatic heterocycles. The number of carbonyl (C=O) groups excluding carboxylic acids is 1. The Hall–Kier alpha value is -2.37. The van der Waals surface area contributed by atoms with Crippen molar-refractivity contribution in [2.45, 2.75) is 18.9 Å². The van der Waals surface area contributed by atoms with Gasteiger partial charge in [0.25, 0.3) is 0 Å². The first-order chi connectivity index (χ1) is 11.7. The van der Waals surface area contributed by atoms with Crippen molar-refractivity contribution in [1.29, 1.82) is 0 Å². The second-order valence-electron chi connectivity index (χ2n) is 5.60. The van der Waals surface area contributed by atoms with E-state index in [2.05, 4.69) is 22.8 Å². The van der Waals surface area contributed by atoms with Crippen LogP contribution in [0.2, 0.25) is 0 Å². The molecule has 0 spiro atoms. The van der Waals surface area contributed by atoms with Gasteiger partial charge in [-0.25, -0.2) is 4.79 Å². The molecule has 3 N–H and O–H groups in total. The summed E-state index contributed by atoms with van der Waals surface area (Å²) in [5.74, 6) is 0. The van der Waals surface area contributed by atoms with Crippen LogP contribution >= 0.6 is 0 Å². The lowest BCUT2D eigenvalue weighted by Crippen LogP contribution is -2.32. The van der Waals surface area contributed by atoms with E-state index in [9.17, 15) is 9.90 Å². The summed E-state index contributed by atoms with van der Waals surface area (Å²) in [5.41, 5.74) is 3.03. The molecule has 2 aromatic rings. The van der Waals surface area contributed by atoms with Crippen LogP contribution in [-0.2, 0) is 11.2 Å². The van der Waals surface area contributed by atoms with Crippen molar-refractivity contribution in [3.63, 3.8) is 0 Å². The van der Waals surface area contributed by atoms with Crippen LogP contribution < -0.4 is 10.6 Å². The Balaban J connectivity index is 1.89. The number of ether oxygens (including phenoxy) is 1. The van der Waals surface area contributed by atoms with E-state index >= 15 is 0 Å². The second-order valence-corrected chi connectivity index (χ2v) is 5.60. The van der Waals surface area contributed by atoms with Crippen molar-refractivity contribution >= 4 is 11.7 Å². The zero-order valence-corrected chi connectivity index (χ0v) is 13.9. The molecule has 1 atom stereocenters. The van der Waals surface area contributed by atoms with Crippen LogP contribution in [0.5, 0.6) is 0 Å². The molecular formula is C19H24N2O3. The van der Waals surface area contributed by atoms with E-state index in [1.807, 2.05) is 42.5 Å². The van der Waals surface area contributed by atoms with Crippen LogP contribution in [0.1, 0.15) is 17.5 Å². The lowest BCUT2D eigenvalue weighted by Gasteiger charge is -2.13. The van der Waals surface area contributed by atoms with Gasteiger partial charge in [-0.15, -0.1) is 0 Å². The number of para-hydroxylation sites is 1. The number of carbonyl (C=O) groups is 1. The molecule has 0 aliphatic carbocycles. The monoisotopic (exact) mass is 328 g/mol. The number of hydrogen-bond donors (Lipinski definition) is 3. The van der Waals surface area contributed by atoms with E-state index in [-0.39, 0.29) is 12.6 Å². The SMILES string of the molecule is COCC(O)CCNC(=O)Nc1ccccc1Cc1ccccc1. The largest absolute Gasteiger partial charge is 0.391 e. The third-order valence-corrected chi connectivity index (χ3v) is 3.63. The minimum absolute atomic E-state index is 0.267. The minimum atomic E-state index is -0.569. The maximum Gasteiger partial charge on any atom is 0.319 e. The van der Waals surface area contributed by atoms with Gasteiger partial charge in [0.2, 0.25) is 0 Å². The zero-order chi connectivity index (χ0) is 17.2. The first kappa shape index (κ1) is 18.0. The maximum absolute atomic E-state index is 12.0. The third kappa shape index (κ3) is 6.02. The van der Waals surface area contributed by atoms with Gasteiger partial charge in [0.15, 0.2) is 0 Å². The van der Waals surface area contributed by atoms with Gasteiger partial charge in [-0.3, -0.25) is 0 Å². The summed E-state index contributed by atoms with van der Waals surface area (Å²) in [6.07, 6.45) is 0.636. The highest BCUT2D eigenvalue weighted by Gasteiger charge is 2.08. The maximum atomic E-state index is 12.0. The first-order valence-electron chi connectivity index (χ1n) is 8.02. The number of hydrogen-bond acceptors (Lipinski definition) is 3. The van der Waals surface area contributed by atoms with Gasteiger partial charge in [-0.05, 0) is 30.0 Å². The smallest absolute Gasteiger partial charge is 0.319 e. The molecule has 5 heteroatoms. The molecule has 0 aliphatic rings. The van der Waals surface area contributed by atoms with Crippen LogP contribution in [0.25, 0.3) is 0 Å². The van der Waals surface area contributed by atoms with Crippen molar-refractivity contribution in [2.24, 2.45) is 0 Å². The number of amides is 2. The van der Waals surface area contributed by atoms with Gasteiger partial charge in [0.1, 0.15) is 0 Å². The number of rotatable bonds is 8. The Morgan fingerprint density at radius 1 is 1.12 bits per heavy atom. The molecule has 0 aliphatic heterocycles. The molecule has 24 heavy (non-hydrogen) atoms. The van der Waals surface area contributed by atoms with Gasteiger partial charge < -0.3 is 20.5 Å². The summed E-state index contributed by atoms with van der Waals surface area (Å²) < 4.78 is 4.85. The van der Waals surface area contributed by atoms with Crippen molar-refractivity contribution in [2.75, 3.05) is 25.6 Å². The first-order valence-corrected chi connectivity index (χ1v) is 8.02. The van der Waals surface area contributed by atoms with Crippen LogP contribution in [-0.4, -0.2) is 37.5 Å². The Labute approximate surface area is 142 Å². The fraction of sp³-hybridized carbons (Fsp3) is 0.316. The Bertz CT molecular complexity index is 632. The number of benzene rings is 2. The highest BCUT2D eigenvalue weighted by atomic mass is 16.5. The number of nitrogens with one attached hydrogen (secondary N) is 2. The predicted molar refractivity (Wildman–Crippen MR) is 95.2 cm³/mol. The summed E-state index contributed by atoms with van der Waals surface area (Å²) >= 11 is 0. The highest BCUT2D eigenvalue weighted by molar-refractivity contribution is 5.90. The van der Waals surface area contributed by atoms with E-state index in [1.165, 1.54) is 12.7 Å². The van der Waals surface area contributed by atoms with Crippen molar-refractivity contribution in [1.82, 2.24) is 5.32 Å². The number of urea groups is 1. The van der Waals surface area contributed by atoms with Gasteiger partial charge in [-0.2, -0.15) is 0 Å². The Morgan fingerprint density at radius 2 is 1.83 bits per heavy atom. The molecule has 0 radical (unpaired) electrons. The number of aliphatic hydroxyl groups is 1. The highest BCUT2D eigenvalue weighted by Crippen LogP contribution is 2.18. The van der Waals surface area contributed by atoms with Crippen LogP contribution in [0.4, 0.5) is 10.5 Å². The van der Waals surface area contributed by atoms with E-state index in [0.717, 1.165) is 17.7 Å². The predicted octanol–water partition coefficient (Wildman–Crippen LogP) is 2.80. The Kier molecular flexibility index (Phi) is 7.26. The fourth-order valence-corrected chi connectivity index (χ4v) is 2.41. The molecule has 2 aromatic carbocycles. The standard InChI is InChI=1S/C19H24N2O3/c1-24-14-17(22)11-12-20-19(23)21-18-10-6-5-9-16(18)13-15-7-3-2-4-8-15/h2-10,17,22H,11-14H2,1H3,(H2,20,21,23). The molecule has 0 bridgehead atoms. The number of methoxy groups -OCH3 is 1. The van der Waals surface area contributed by atoms with Crippen LogP contribution in [0.15, 0.2) is 54.6 Å². The molecular weight excluding hydrogens is 304 g/mol. The number of anilines is 1. The molecule has 0 fully saturated rings. The molecule has 0 heterocycles. The minimum Gasteiger partial charge on any atom is -0.391 e. The van der Waals surface area contributed by atoms with Gasteiger partial charge >= 0.3 is 6.03 Å². The summed E-state index contributed by atoms with van der Waals surface area (Å²) in [6, 6.07) is 17.6. The topological polar surface area (TPSA) is 70.6 Å². The van der Waals surface area contributed by atoms with Crippen molar-refractivity contribution in [3.8, 4) is 0 Å². The molecule has 0 saturated heterocycles. The normalized spacial score (nSPS) is 11.8. The molecule has 128 valence electrons. The fourth-order valence-electron chi connectivity index (χ4n) is 2.41. The zero-order valence-electron chi connectivity index (χ0n) is 13.9. The third-order valence-electron chi connectivity index (χ3n) is 3.63. The lowest BCUT2D eigenvalue weighted by molar-refractivity contribution is 0.0599. The number of aliphatic hydroxyl groups excluding tert-OH is 1. The molecule has 0 saturated carbocycles. The van der Waals surface area contributed by atoms with E-state index in [4.69, 9.17) is 4.74 Å². The van der Waals surface area contributed by atoms with Gasteiger partial charge in [0.05, 0.1) is 12.7 Å². The average molecular weight is 328 g/mol. The van der Waals surface area contributed by atoms with Crippen molar-refractivity contribution in [3.05, 3.63) is 65.7 Å². The molecule has 5 nitrogen and oxygen atoms in total. The molecule has 2 amide bonds. The summed E-state index contributed by atoms with van der Waals surface area (Å²) in [5, 5.41) is 15.2. The Morgan fingerprint density at radius 3 is 2.58 bits per heavy atom. The summed E-state index contributed by atoms with van der Waals surface area (Å²) in [4.78, 5) is 12.0. The van der Waals surface area contributed by atoms with Crippen LogP contribution in [0.3, 0.4) is 0 Å². The molecule has 2 rings (SSSR count). The second kappa shape index (κ2) is 9.70. The summed E-state index contributed by atoms with van der Waals surface area (Å²) in [7, 11) is 1.53. The van der Waals surface area contributed by atoms with Gasteiger partial charge in [-0.1, -0.05) is 48.5 Å².